The first-order chi connectivity index (χ1) is 12.1. The number of hydrogen-bond acceptors (Lipinski definition) is 2. The van der Waals surface area contributed by atoms with Gasteiger partial charge < -0.3 is 10.2 Å². The Kier molecular flexibility index (Phi) is 7.36. The highest BCUT2D eigenvalue weighted by Crippen LogP contribution is 2.38. The fraction of sp³-hybridized carbons (Fsp3) is 0.478. The minimum Gasteiger partial charge on any atom is -0.508 e. The van der Waals surface area contributed by atoms with Crippen LogP contribution in [-0.2, 0) is 12.8 Å². The molecule has 0 saturated carbocycles. The standard InChI is InChI=1S/C23H32O2/c1-4-7-11-20-18(13-9-15-22(20)24)17(6-3)19-14-10-16-23(25)21(19)12-8-5-2/h9-10,13-17,24-25H,4-8,11-12H2,1-3H3. The molecule has 0 amide bonds. The van der Waals surface area contributed by atoms with Crippen LogP contribution in [0.25, 0.3) is 0 Å². The average molecular weight is 341 g/mol. The summed E-state index contributed by atoms with van der Waals surface area (Å²) in [4.78, 5) is 0. The van der Waals surface area contributed by atoms with Crippen LogP contribution in [0.1, 0.15) is 81.0 Å². The van der Waals surface area contributed by atoms with Gasteiger partial charge in [-0.25, -0.2) is 0 Å². The van der Waals surface area contributed by atoms with E-state index in [2.05, 4.69) is 32.9 Å². The van der Waals surface area contributed by atoms with Crippen LogP contribution in [0, 0.1) is 0 Å². The highest BCUT2D eigenvalue weighted by atomic mass is 16.3. The highest BCUT2D eigenvalue weighted by molar-refractivity contribution is 5.49. The lowest BCUT2D eigenvalue weighted by molar-refractivity contribution is 0.463. The van der Waals surface area contributed by atoms with Crippen molar-refractivity contribution in [3.05, 3.63) is 58.7 Å². The van der Waals surface area contributed by atoms with E-state index in [0.717, 1.165) is 56.1 Å². The van der Waals surface area contributed by atoms with Gasteiger partial charge in [-0.15, -0.1) is 0 Å². The van der Waals surface area contributed by atoms with Crippen molar-refractivity contribution in [1.82, 2.24) is 0 Å². The minimum atomic E-state index is 0.206. The van der Waals surface area contributed by atoms with Gasteiger partial charge in [-0.1, -0.05) is 57.9 Å². The Morgan fingerprint density at radius 2 is 1.16 bits per heavy atom. The Bertz CT molecular complexity index is 618. The maximum absolute atomic E-state index is 10.4. The van der Waals surface area contributed by atoms with Crippen molar-refractivity contribution in [1.29, 1.82) is 0 Å². The maximum Gasteiger partial charge on any atom is 0.119 e. The first-order valence-corrected chi connectivity index (χ1v) is 9.75. The van der Waals surface area contributed by atoms with E-state index in [1.54, 1.807) is 12.1 Å². The number of benzene rings is 2. The topological polar surface area (TPSA) is 40.5 Å². The number of aromatic hydroxyl groups is 2. The fourth-order valence-electron chi connectivity index (χ4n) is 3.70. The first kappa shape index (κ1) is 19.4. The molecule has 0 radical (unpaired) electrons. The molecule has 2 rings (SSSR count). The van der Waals surface area contributed by atoms with E-state index in [4.69, 9.17) is 0 Å². The van der Waals surface area contributed by atoms with Crippen LogP contribution in [0.4, 0.5) is 0 Å². The number of rotatable bonds is 9. The quantitative estimate of drug-likeness (QED) is 0.560. The zero-order valence-electron chi connectivity index (χ0n) is 15.9. The number of phenolic OH excluding ortho intramolecular Hbond substituents is 2. The second kappa shape index (κ2) is 9.50. The summed E-state index contributed by atoms with van der Waals surface area (Å²) in [6.45, 7) is 6.54. The highest BCUT2D eigenvalue weighted by Gasteiger charge is 2.21. The molecular formula is C23H32O2. The lowest BCUT2D eigenvalue weighted by atomic mass is 9.81. The molecule has 25 heavy (non-hydrogen) atoms. The molecule has 2 nitrogen and oxygen atoms in total. The molecule has 0 fully saturated rings. The molecule has 2 heteroatoms. The van der Waals surface area contributed by atoms with Crippen LogP contribution in [0.2, 0.25) is 0 Å². The summed E-state index contributed by atoms with van der Waals surface area (Å²) < 4.78 is 0. The third-order valence-corrected chi connectivity index (χ3v) is 5.09. The monoisotopic (exact) mass is 340 g/mol. The summed E-state index contributed by atoms with van der Waals surface area (Å²) in [5, 5.41) is 20.9. The summed E-state index contributed by atoms with van der Waals surface area (Å²) in [7, 11) is 0. The van der Waals surface area contributed by atoms with Crippen molar-refractivity contribution in [2.24, 2.45) is 0 Å². The summed E-state index contributed by atoms with van der Waals surface area (Å²) in [6.07, 6.45) is 7.12. The van der Waals surface area contributed by atoms with Crippen molar-refractivity contribution in [3.63, 3.8) is 0 Å². The van der Waals surface area contributed by atoms with Crippen molar-refractivity contribution < 1.29 is 10.2 Å². The molecule has 0 aliphatic carbocycles. The molecule has 2 aromatic rings. The first-order valence-electron chi connectivity index (χ1n) is 9.75. The Morgan fingerprint density at radius 1 is 0.720 bits per heavy atom. The summed E-state index contributed by atoms with van der Waals surface area (Å²) in [6, 6.07) is 11.8. The summed E-state index contributed by atoms with van der Waals surface area (Å²) in [5.74, 6) is 1.01. The van der Waals surface area contributed by atoms with Crippen molar-refractivity contribution in [2.75, 3.05) is 0 Å². The van der Waals surface area contributed by atoms with Gasteiger partial charge >= 0.3 is 0 Å². The van der Waals surface area contributed by atoms with Crippen LogP contribution in [0.3, 0.4) is 0 Å². The molecule has 0 aliphatic heterocycles. The fourth-order valence-corrected chi connectivity index (χ4v) is 3.70. The van der Waals surface area contributed by atoms with Gasteiger partial charge in [0.15, 0.2) is 0 Å². The molecule has 0 unspecified atom stereocenters. The predicted octanol–water partition coefficient (Wildman–Crippen LogP) is 6.32. The molecular weight excluding hydrogens is 308 g/mol. The minimum absolute atomic E-state index is 0.206. The molecule has 2 aromatic carbocycles. The average Bonchev–Trinajstić information content (AvgIpc) is 2.61. The second-order valence-electron chi connectivity index (χ2n) is 6.86. The van der Waals surface area contributed by atoms with E-state index in [1.807, 2.05) is 12.1 Å². The van der Waals surface area contributed by atoms with Crippen LogP contribution in [-0.4, -0.2) is 10.2 Å². The van der Waals surface area contributed by atoms with Gasteiger partial charge in [0.1, 0.15) is 11.5 Å². The van der Waals surface area contributed by atoms with Gasteiger partial charge in [0, 0.05) is 5.92 Å². The van der Waals surface area contributed by atoms with Gasteiger partial charge in [-0.05, 0) is 66.5 Å². The van der Waals surface area contributed by atoms with Gasteiger partial charge in [0.25, 0.3) is 0 Å². The third-order valence-electron chi connectivity index (χ3n) is 5.09. The maximum atomic E-state index is 10.4. The number of phenols is 2. The van der Waals surface area contributed by atoms with Crippen LogP contribution in [0.5, 0.6) is 11.5 Å². The molecule has 0 spiro atoms. The molecule has 0 saturated heterocycles. The lowest BCUT2D eigenvalue weighted by Crippen LogP contribution is -2.08. The lowest BCUT2D eigenvalue weighted by Gasteiger charge is -2.24. The molecule has 0 aromatic heterocycles. The Labute approximate surface area is 152 Å². The summed E-state index contributed by atoms with van der Waals surface area (Å²) >= 11 is 0. The molecule has 0 heterocycles. The van der Waals surface area contributed by atoms with Gasteiger partial charge in [0.2, 0.25) is 0 Å². The molecule has 0 aliphatic rings. The van der Waals surface area contributed by atoms with Crippen LogP contribution in [0.15, 0.2) is 36.4 Å². The molecule has 136 valence electrons. The van der Waals surface area contributed by atoms with Gasteiger partial charge in [-0.3, -0.25) is 0 Å². The zero-order chi connectivity index (χ0) is 18.2. The largest absolute Gasteiger partial charge is 0.508 e. The van der Waals surface area contributed by atoms with E-state index in [-0.39, 0.29) is 5.92 Å². The molecule has 0 bridgehead atoms. The second-order valence-corrected chi connectivity index (χ2v) is 6.86. The molecule has 0 atom stereocenters. The number of hydrogen-bond donors (Lipinski definition) is 2. The van der Waals surface area contributed by atoms with E-state index < -0.39 is 0 Å². The van der Waals surface area contributed by atoms with E-state index in [0.29, 0.717) is 11.5 Å². The van der Waals surface area contributed by atoms with Crippen molar-refractivity contribution in [2.45, 2.75) is 71.6 Å². The van der Waals surface area contributed by atoms with Crippen molar-refractivity contribution in [3.8, 4) is 11.5 Å². The van der Waals surface area contributed by atoms with Gasteiger partial charge in [0.05, 0.1) is 0 Å². The normalized spacial score (nSPS) is 11.2. The van der Waals surface area contributed by atoms with E-state index in [1.165, 1.54) is 11.1 Å². The Morgan fingerprint density at radius 3 is 1.52 bits per heavy atom. The smallest absolute Gasteiger partial charge is 0.119 e. The van der Waals surface area contributed by atoms with Gasteiger partial charge in [-0.2, -0.15) is 0 Å². The third kappa shape index (κ3) is 4.56. The van der Waals surface area contributed by atoms with Crippen molar-refractivity contribution >= 4 is 0 Å². The molecule has 2 N–H and O–H groups in total. The Balaban J connectivity index is 2.51. The van der Waals surface area contributed by atoms with E-state index >= 15 is 0 Å². The van der Waals surface area contributed by atoms with E-state index in [9.17, 15) is 10.2 Å². The zero-order valence-corrected chi connectivity index (χ0v) is 15.9. The van der Waals surface area contributed by atoms with Crippen LogP contribution >= 0.6 is 0 Å². The summed E-state index contributed by atoms with van der Waals surface area (Å²) in [5.41, 5.74) is 4.56. The SMILES string of the molecule is CCCCc1c(O)cccc1C(CC)c1cccc(O)c1CCCC. The van der Waals surface area contributed by atoms with Crippen LogP contribution < -0.4 is 0 Å². The Hall–Kier alpha value is -1.96. The number of unbranched alkanes of at least 4 members (excludes halogenated alkanes) is 2. The predicted molar refractivity (Wildman–Crippen MR) is 106 cm³/mol.